The Morgan fingerprint density at radius 2 is 1.86 bits per heavy atom. The number of carbonyl (C=O) groups excluding carboxylic acids is 3. The zero-order chi connectivity index (χ0) is 25.1. The molecule has 0 bridgehead atoms. The zero-order valence-corrected chi connectivity index (χ0v) is 19.6. The van der Waals surface area contributed by atoms with Gasteiger partial charge in [-0.3, -0.25) is 14.4 Å². The Morgan fingerprint density at radius 1 is 1.11 bits per heavy atom. The lowest BCUT2D eigenvalue weighted by molar-refractivity contribution is -0.127. The Bertz CT molecular complexity index is 1290. The smallest absolute Gasteiger partial charge is 0.269 e. The van der Waals surface area contributed by atoms with Gasteiger partial charge in [-0.05, 0) is 51.0 Å². The molecule has 1 aliphatic rings. The highest BCUT2D eigenvalue weighted by molar-refractivity contribution is 6.04. The Balaban J connectivity index is 1.65. The van der Waals surface area contributed by atoms with Crippen LogP contribution in [0.2, 0.25) is 0 Å². The Kier molecular flexibility index (Phi) is 6.63. The second kappa shape index (κ2) is 9.80. The van der Waals surface area contributed by atoms with Crippen LogP contribution in [-0.2, 0) is 4.79 Å². The summed E-state index contributed by atoms with van der Waals surface area (Å²) in [4.78, 5) is 48.0. The average molecular weight is 474 g/mol. The molecule has 2 aromatic heterocycles. The van der Waals surface area contributed by atoms with Crippen molar-refractivity contribution in [2.75, 3.05) is 17.7 Å². The number of imidazole rings is 1. The minimum Gasteiger partial charge on any atom is -0.364 e. The molecule has 10 nitrogen and oxygen atoms in total. The summed E-state index contributed by atoms with van der Waals surface area (Å²) in [6, 6.07) is 11.4. The van der Waals surface area contributed by atoms with Crippen molar-refractivity contribution >= 4 is 23.5 Å². The quantitative estimate of drug-likeness (QED) is 0.370. The number of nitrogens with two attached hydrogens (primary N) is 2. The maximum atomic E-state index is 12.7. The molecule has 3 heterocycles. The number of likely N-dealkylation sites (tertiary alicyclic amines) is 1. The van der Waals surface area contributed by atoms with Crippen LogP contribution in [0.3, 0.4) is 0 Å². The number of pyridine rings is 1. The fraction of sp³-hybridized carbons (Fsp3) is 0.240. The molecule has 5 N–H and O–H groups in total. The SMILES string of the molecule is CC(C)=CC(=O)N1CCC[C@H]1c1nc(-c2ccc(C(=O)Nc3ccccn3)cc2)c(C(N)=O)n1N. The van der Waals surface area contributed by atoms with Crippen LogP contribution in [0.1, 0.15) is 59.4 Å². The zero-order valence-electron chi connectivity index (χ0n) is 19.6. The number of amides is 3. The van der Waals surface area contributed by atoms with Gasteiger partial charge in [-0.1, -0.05) is 23.8 Å². The highest BCUT2D eigenvalue weighted by Gasteiger charge is 2.35. The molecule has 0 saturated carbocycles. The van der Waals surface area contributed by atoms with Crippen molar-refractivity contribution in [3.63, 3.8) is 0 Å². The number of nitrogens with one attached hydrogen (secondary N) is 1. The third-order valence-corrected chi connectivity index (χ3v) is 5.74. The standard InChI is InChI=1S/C25H27N7O3/c1-15(2)14-20(33)31-13-5-6-18(31)24-30-21(22(23(26)34)32(24)27)16-8-10-17(11-9-16)25(35)29-19-7-3-4-12-28-19/h3-4,7-12,14,18H,5-6,13,27H2,1-2H3,(H2,26,34)(H,28,29,35)/t18-/m0/s1. The minimum absolute atomic E-state index is 0.0344. The van der Waals surface area contributed by atoms with Crippen LogP contribution >= 0.6 is 0 Å². The topological polar surface area (TPSA) is 149 Å². The molecule has 10 heteroatoms. The molecule has 0 radical (unpaired) electrons. The van der Waals surface area contributed by atoms with Gasteiger partial charge < -0.3 is 21.8 Å². The molecule has 180 valence electrons. The first-order valence-corrected chi connectivity index (χ1v) is 11.2. The number of nitrogens with zero attached hydrogens (tertiary/aromatic N) is 4. The summed E-state index contributed by atoms with van der Waals surface area (Å²) in [5, 5.41) is 2.72. The van der Waals surface area contributed by atoms with Crippen LogP contribution < -0.4 is 16.9 Å². The molecule has 0 spiro atoms. The lowest BCUT2D eigenvalue weighted by atomic mass is 10.1. The van der Waals surface area contributed by atoms with Gasteiger partial charge >= 0.3 is 0 Å². The van der Waals surface area contributed by atoms with E-state index >= 15 is 0 Å². The van der Waals surface area contributed by atoms with Gasteiger partial charge in [-0.15, -0.1) is 0 Å². The van der Waals surface area contributed by atoms with Crippen molar-refractivity contribution in [3.8, 4) is 11.3 Å². The molecule has 1 aromatic carbocycles. The highest BCUT2D eigenvalue weighted by Crippen LogP contribution is 2.34. The van der Waals surface area contributed by atoms with Crippen molar-refractivity contribution in [1.82, 2.24) is 19.5 Å². The van der Waals surface area contributed by atoms with Gasteiger partial charge in [0.2, 0.25) is 5.91 Å². The number of primary amides is 1. The van der Waals surface area contributed by atoms with E-state index in [0.717, 1.165) is 12.0 Å². The monoisotopic (exact) mass is 473 g/mol. The van der Waals surface area contributed by atoms with E-state index in [-0.39, 0.29) is 23.6 Å². The van der Waals surface area contributed by atoms with Crippen LogP contribution in [0.4, 0.5) is 5.82 Å². The predicted octanol–water partition coefficient (Wildman–Crippen LogP) is 2.64. The number of rotatable bonds is 6. The highest BCUT2D eigenvalue weighted by atomic mass is 16.2. The summed E-state index contributed by atoms with van der Waals surface area (Å²) in [7, 11) is 0. The van der Waals surface area contributed by atoms with E-state index in [2.05, 4.69) is 15.3 Å². The van der Waals surface area contributed by atoms with Crippen molar-refractivity contribution in [3.05, 3.63) is 77.4 Å². The van der Waals surface area contributed by atoms with Crippen LogP contribution in [0.5, 0.6) is 0 Å². The maximum absolute atomic E-state index is 12.7. The summed E-state index contributed by atoms with van der Waals surface area (Å²) in [5.41, 5.74) is 7.85. The minimum atomic E-state index is -0.738. The fourth-order valence-corrected chi connectivity index (χ4v) is 4.16. The van der Waals surface area contributed by atoms with Gasteiger partial charge in [0.1, 0.15) is 11.5 Å². The molecule has 1 fully saturated rings. The van der Waals surface area contributed by atoms with Gasteiger partial charge in [0, 0.05) is 29.9 Å². The molecule has 0 aliphatic carbocycles. The van der Waals surface area contributed by atoms with Crippen LogP contribution in [0.25, 0.3) is 11.3 Å². The molecule has 3 aromatic rings. The molecule has 3 amide bonds. The van der Waals surface area contributed by atoms with Crippen molar-refractivity contribution in [1.29, 1.82) is 0 Å². The van der Waals surface area contributed by atoms with Gasteiger partial charge in [0.25, 0.3) is 11.8 Å². The maximum Gasteiger partial charge on any atom is 0.269 e. The second-order valence-electron chi connectivity index (χ2n) is 8.56. The van der Waals surface area contributed by atoms with Crippen molar-refractivity contribution in [2.45, 2.75) is 32.7 Å². The Morgan fingerprint density at radius 3 is 2.49 bits per heavy atom. The first-order valence-electron chi connectivity index (χ1n) is 11.2. The third kappa shape index (κ3) is 4.91. The van der Waals surface area contributed by atoms with Crippen molar-refractivity contribution < 1.29 is 14.4 Å². The molecule has 4 rings (SSSR count). The number of allylic oxidation sites excluding steroid dienone is 1. The van der Waals surface area contributed by atoms with Crippen LogP contribution in [0, 0.1) is 0 Å². The lowest BCUT2D eigenvalue weighted by Gasteiger charge is -2.23. The normalized spacial score (nSPS) is 15.0. The molecule has 1 atom stereocenters. The Labute approximate surface area is 202 Å². The van der Waals surface area contributed by atoms with E-state index in [1.54, 1.807) is 59.6 Å². The molecular weight excluding hydrogens is 446 g/mol. The number of hydrogen-bond donors (Lipinski definition) is 3. The summed E-state index contributed by atoms with van der Waals surface area (Å²) in [6.07, 6.45) is 4.62. The number of carbonyl (C=O) groups is 3. The molecule has 1 aliphatic heterocycles. The first-order chi connectivity index (χ1) is 16.8. The average Bonchev–Trinajstić information content (AvgIpc) is 3.44. The fourth-order valence-electron chi connectivity index (χ4n) is 4.16. The predicted molar refractivity (Wildman–Crippen MR) is 132 cm³/mol. The second-order valence-corrected chi connectivity index (χ2v) is 8.56. The number of benzene rings is 1. The Hall–Kier alpha value is -4.47. The van der Waals surface area contributed by atoms with Gasteiger partial charge in [0.05, 0.1) is 6.04 Å². The molecule has 35 heavy (non-hydrogen) atoms. The van der Waals surface area contributed by atoms with E-state index in [1.165, 1.54) is 4.68 Å². The summed E-state index contributed by atoms with van der Waals surface area (Å²) < 4.78 is 1.18. The summed E-state index contributed by atoms with van der Waals surface area (Å²) in [5.74, 6) is 5.92. The van der Waals surface area contributed by atoms with Crippen molar-refractivity contribution in [2.24, 2.45) is 5.73 Å². The molecular formula is C25H27N7O3. The van der Waals surface area contributed by atoms with E-state index in [1.807, 2.05) is 13.8 Å². The largest absolute Gasteiger partial charge is 0.364 e. The summed E-state index contributed by atoms with van der Waals surface area (Å²) in [6.45, 7) is 4.29. The van der Waals surface area contributed by atoms with E-state index < -0.39 is 5.91 Å². The lowest BCUT2D eigenvalue weighted by Crippen LogP contribution is -2.33. The number of anilines is 1. The van der Waals surface area contributed by atoms with Gasteiger partial charge in [-0.2, -0.15) is 0 Å². The van der Waals surface area contributed by atoms with Gasteiger partial charge in [0.15, 0.2) is 11.5 Å². The number of aromatic nitrogens is 3. The summed E-state index contributed by atoms with van der Waals surface area (Å²) >= 11 is 0. The first kappa shape index (κ1) is 23.7. The number of hydrogen-bond acceptors (Lipinski definition) is 6. The van der Waals surface area contributed by atoms with E-state index in [0.29, 0.717) is 41.4 Å². The van der Waals surface area contributed by atoms with E-state index in [4.69, 9.17) is 11.6 Å². The van der Waals surface area contributed by atoms with E-state index in [9.17, 15) is 14.4 Å². The third-order valence-electron chi connectivity index (χ3n) is 5.74. The van der Waals surface area contributed by atoms with Crippen LogP contribution in [-0.4, -0.2) is 43.8 Å². The van der Waals surface area contributed by atoms with Crippen LogP contribution in [0.15, 0.2) is 60.3 Å². The molecule has 0 unspecified atom stereocenters. The number of nitrogen functional groups attached to an aromatic ring is 1. The van der Waals surface area contributed by atoms with Gasteiger partial charge in [-0.25, -0.2) is 14.6 Å². The molecule has 1 saturated heterocycles.